The molecule has 3 rings (SSSR count). The third-order valence-corrected chi connectivity index (χ3v) is 3.88. The molecule has 4 heteroatoms. The smallest absolute Gasteiger partial charge is 0.248 e. The number of rotatable bonds is 3. The van der Waals surface area contributed by atoms with Crippen molar-refractivity contribution in [2.45, 2.75) is 44.6 Å². The monoisotopic (exact) mass is 257 g/mol. The van der Waals surface area contributed by atoms with Crippen molar-refractivity contribution in [3.05, 3.63) is 47.1 Å². The molecule has 1 atom stereocenters. The Bertz CT molecular complexity index is 541. The Morgan fingerprint density at radius 1 is 1.21 bits per heavy atom. The van der Waals surface area contributed by atoms with Gasteiger partial charge in [0.05, 0.1) is 0 Å². The molecule has 0 radical (unpaired) electrons. The molecular formula is C15H19N3O. The van der Waals surface area contributed by atoms with E-state index in [0.29, 0.717) is 11.8 Å². The Morgan fingerprint density at radius 3 is 2.58 bits per heavy atom. The molecule has 19 heavy (non-hydrogen) atoms. The highest BCUT2D eigenvalue weighted by Crippen LogP contribution is 2.33. The lowest BCUT2D eigenvalue weighted by Gasteiger charge is -2.07. The highest BCUT2D eigenvalue weighted by molar-refractivity contribution is 5.27. The minimum atomic E-state index is -0.330. The normalized spacial score (nSPS) is 17.8. The van der Waals surface area contributed by atoms with Crippen molar-refractivity contribution in [2.24, 2.45) is 5.73 Å². The van der Waals surface area contributed by atoms with Crippen LogP contribution in [0.1, 0.15) is 60.5 Å². The van der Waals surface area contributed by atoms with Gasteiger partial charge in [0.2, 0.25) is 5.89 Å². The Hall–Kier alpha value is -1.68. The van der Waals surface area contributed by atoms with Gasteiger partial charge in [-0.15, -0.1) is 0 Å². The van der Waals surface area contributed by atoms with E-state index in [1.165, 1.54) is 31.2 Å². The van der Waals surface area contributed by atoms with Crippen LogP contribution < -0.4 is 5.73 Å². The molecule has 1 aromatic heterocycles. The van der Waals surface area contributed by atoms with Crippen molar-refractivity contribution in [2.75, 3.05) is 0 Å². The summed E-state index contributed by atoms with van der Waals surface area (Å²) in [5.74, 6) is 1.81. The second-order valence-corrected chi connectivity index (χ2v) is 5.36. The molecular weight excluding hydrogens is 238 g/mol. The van der Waals surface area contributed by atoms with Gasteiger partial charge < -0.3 is 10.3 Å². The number of benzene rings is 1. The Kier molecular flexibility index (Phi) is 3.34. The molecule has 0 saturated heterocycles. The van der Waals surface area contributed by atoms with Crippen molar-refractivity contribution >= 4 is 0 Å². The summed E-state index contributed by atoms with van der Waals surface area (Å²) >= 11 is 0. The Morgan fingerprint density at radius 2 is 1.89 bits per heavy atom. The van der Waals surface area contributed by atoms with Gasteiger partial charge in [0.15, 0.2) is 5.82 Å². The fraction of sp³-hybridized carbons (Fsp3) is 0.467. The molecule has 1 unspecified atom stereocenters. The van der Waals surface area contributed by atoms with Crippen molar-refractivity contribution < 1.29 is 4.52 Å². The molecule has 100 valence electrons. The summed E-state index contributed by atoms with van der Waals surface area (Å²) < 4.78 is 5.34. The Labute approximate surface area is 113 Å². The molecule has 0 spiro atoms. The highest BCUT2D eigenvalue weighted by Gasteiger charge is 2.24. The van der Waals surface area contributed by atoms with Crippen LogP contribution in [-0.2, 0) is 0 Å². The minimum Gasteiger partial charge on any atom is -0.337 e. The van der Waals surface area contributed by atoms with Crippen molar-refractivity contribution in [3.8, 4) is 0 Å². The number of aromatic nitrogens is 2. The van der Waals surface area contributed by atoms with Crippen LogP contribution in [0.2, 0.25) is 0 Å². The lowest BCUT2D eigenvalue weighted by atomic mass is 10.1. The Balaban J connectivity index is 1.79. The first kappa shape index (κ1) is 12.4. The zero-order chi connectivity index (χ0) is 13.2. The van der Waals surface area contributed by atoms with E-state index in [4.69, 9.17) is 10.3 Å². The van der Waals surface area contributed by atoms with Crippen LogP contribution >= 0.6 is 0 Å². The fourth-order valence-electron chi connectivity index (χ4n) is 2.64. The van der Waals surface area contributed by atoms with Gasteiger partial charge in [-0.05, 0) is 25.3 Å². The van der Waals surface area contributed by atoms with Crippen LogP contribution in [0.15, 0.2) is 28.8 Å². The zero-order valence-electron chi connectivity index (χ0n) is 11.2. The van der Waals surface area contributed by atoms with E-state index in [9.17, 15) is 0 Å². The minimum absolute atomic E-state index is 0.330. The summed E-state index contributed by atoms with van der Waals surface area (Å²) in [5.41, 5.74) is 8.40. The molecule has 1 saturated carbocycles. The average molecular weight is 257 g/mol. The van der Waals surface area contributed by atoms with Crippen LogP contribution in [0, 0.1) is 6.92 Å². The van der Waals surface area contributed by atoms with Gasteiger partial charge in [0.25, 0.3) is 0 Å². The van der Waals surface area contributed by atoms with E-state index < -0.39 is 0 Å². The topological polar surface area (TPSA) is 64.9 Å². The molecule has 4 nitrogen and oxygen atoms in total. The molecule has 0 amide bonds. The summed E-state index contributed by atoms with van der Waals surface area (Å²) in [6.07, 6.45) is 4.86. The second kappa shape index (κ2) is 5.13. The van der Waals surface area contributed by atoms with Crippen LogP contribution in [0.5, 0.6) is 0 Å². The van der Waals surface area contributed by atoms with Gasteiger partial charge in [-0.1, -0.05) is 47.8 Å². The van der Waals surface area contributed by atoms with Crippen molar-refractivity contribution in [1.29, 1.82) is 0 Å². The third-order valence-electron chi connectivity index (χ3n) is 3.88. The van der Waals surface area contributed by atoms with Gasteiger partial charge in [-0.2, -0.15) is 4.98 Å². The molecule has 1 fully saturated rings. The molecule has 0 aliphatic heterocycles. The van der Waals surface area contributed by atoms with E-state index in [-0.39, 0.29) is 6.04 Å². The third kappa shape index (κ3) is 2.54. The first-order chi connectivity index (χ1) is 9.24. The van der Waals surface area contributed by atoms with Gasteiger partial charge in [0.1, 0.15) is 6.04 Å². The molecule has 0 bridgehead atoms. The summed E-state index contributed by atoms with van der Waals surface area (Å²) in [6.45, 7) is 2.06. The number of nitrogens with two attached hydrogens (primary N) is 1. The van der Waals surface area contributed by atoms with E-state index in [0.717, 1.165) is 11.4 Å². The average Bonchev–Trinajstić information content (AvgIpc) is 3.10. The van der Waals surface area contributed by atoms with Gasteiger partial charge >= 0.3 is 0 Å². The summed E-state index contributed by atoms with van der Waals surface area (Å²) in [6, 6.07) is 7.79. The second-order valence-electron chi connectivity index (χ2n) is 5.36. The van der Waals surface area contributed by atoms with Gasteiger partial charge in [0, 0.05) is 5.92 Å². The van der Waals surface area contributed by atoms with Crippen LogP contribution in [-0.4, -0.2) is 10.1 Å². The highest BCUT2D eigenvalue weighted by atomic mass is 16.5. The fourth-order valence-corrected chi connectivity index (χ4v) is 2.64. The lowest BCUT2D eigenvalue weighted by Crippen LogP contribution is -2.12. The standard InChI is InChI=1S/C15H19N3O/c1-10-6-8-11(9-7-10)13(16)15-17-14(18-19-15)12-4-2-3-5-12/h6-9,12-13H,2-5,16H2,1H3. The predicted octanol–water partition coefficient (Wildman–Crippen LogP) is 3.08. The predicted molar refractivity (Wildman–Crippen MR) is 72.7 cm³/mol. The first-order valence-electron chi connectivity index (χ1n) is 6.89. The molecule has 1 heterocycles. The SMILES string of the molecule is Cc1ccc(C(N)c2nc(C3CCCC3)no2)cc1. The molecule has 2 N–H and O–H groups in total. The summed E-state index contributed by atoms with van der Waals surface area (Å²) in [7, 11) is 0. The van der Waals surface area contributed by atoms with Crippen molar-refractivity contribution in [1.82, 2.24) is 10.1 Å². The molecule has 2 aromatic rings. The van der Waals surface area contributed by atoms with Crippen LogP contribution in [0.25, 0.3) is 0 Å². The van der Waals surface area contributed by atoms with E-state index in [1.54, 1.807) is 0 Å². The van der Waals surface area contributed by atoms with Gasteiger partial charge in [-0.25, -0.2) is 0 Å². The first-order valence-corrected chi connectivity index (χ1v) is 6.89. The summed E-state index contributed by atoms with van der Waals surface area (Å²) in [4.78, 5) is 4.49. The van der Waals surface area contributed by atoms with Crippen LogP contribution in [0.4, 0.5) is 0 Å². The number of hydrogen-bond donors (Lipinski definition) is 1. The van der Waals surface area contributed by atoms with Crippen LogP contribution in [0.3, 0.4) is 0 Å². The zero-order valence-corrected chi connectivity index (χ0v) is 11.2. The largest absolute Gasteiger partial charge is 0.337 e. The van der Waals surface area contributed by atoms with Gasteiger partial charge in [-0.3, -0.25) is 0 Å². The maximum Gasteiger partial charge on any atom is 0.248 e. The molecule has 1 aromatic carbocycles. The summed E-state index contributed by atoms with van der Waals surface area (Å²) in [5, 5.41) is 4.10. The van der Waals surface area contributed by atoms with E-state index in [2.05, 4.69) is 17.1 Å². The number of nitrogens with zero attached hydrogens (tertiary/aromatic N) is 2. The maximum absolute atomic E-state index is 6.18. The number of aryl methyl sites for hydroxylation is 1. The quantitative estimate of drug-likeness (QED) is 0.917. The van der Waals surface area contributed by atoms with E-state index in [1.807, 2.05) is 24.3 Å². The molecule has 1 aliphatic carbocycles. The lowest BCUT2D eigenvalue weighted by molar-refractivity contribution is 0.359. The van der Waals surface area contributed by atoms with E-state index >= 15 is 0 Å². The molecule has 1 aliphatic rings. The van der Waals surface area contributed by atoms with Crippen molar-refractivity contribution in [3.63, 3.8) is 0 Å². The number of hydrogen-bond acceptors (Lipinski definition) is 4. The maximum atomic E-state index is 6.18.